The van der Waals surface area contributed by atoms with Crippen LogP contribution in [0.2, 0.25) is 0 Å². The number of hydrogen-bond donors (Lipinski definition) is 0. The number of nitrogens with zero attached hydrogens (tertiary/aromatic N) is 3. The summed E-state index contributed by atoms with van der Waals surface area (Å²) in [7, 11) is 0. The van der Waals surface area contributed by atoms with Gasteiger partial charge in [0.1, 0.15) is 0 Å². The predicted octanol–water partition coefficient (Wildman–Crippen LogP) is 14.6. The number of benzene rings is 9. The van der Waals surface area contributed by atoms with Crippen molar-refractivity contribution in [3.63, 3.8) is 0 Å². The molecule has 0 radical (unpaired) electrons. The zero-order chi connectivity index (χ0) is 37.9. The largest absolute Gasteiger partial charge is 0.309 e. The fraction of sp³-hybridized carbons (Fsp3) is 0.0182. The van der Waals surface area contributed by atoms with Gasteiger partial charge in [0.25, 0.3) is 0 Å². The second-order valence-electron chi connectivity index (χ2n) is 15.7. The van der Waals surface area contributed by atoms with E-state index in [0.29, 0.717) is 0 Å². The molecule has 0 N–H and O–H groups in total. The molecule has 3 heterocycles. The molecular weight excluding hydrogens is 703 g/mol. The quantitative estimate of drug-likeness (QED) is 0.171. The first-order valence-electron chi connectivity index (χ1n) is 20.1. The predicted molar refractivity (Wildman–Crippen MR) is 244 cm³/mol. The summed E-state index contributed by atoms with van der Waals surface area (Å²) < 4.78 is 4.89. The number of para-hydroxylation sites is 5. The van der Waals surface area contributed by atoms with Crippen molar-refractivity contribution in [2.75, 3.05) is 4.90 Å². The monoisotopic (exact) mass is 737 g/mol. The molecule has 1 aliphatic rings. The zero-order valence-electron chi connectivity index (χ0n) is 31.6. The van der Waals surface area contributed by atoms with Crippen LogP contribution in [0.3, 0.4) is 0 Å². The summed E-state index contributed by atoms with van der Waals surface area (Å²) in [5, 5.41) is 7.63. The Morgan fingerprint density at radius 3 is 1.60 bits per heavy atom. The van der Waals surface area contributed by atoms with E-state index in [1.165, 1.54) is 93.3 Å². The summed E-state index contributed by atoms with van der Waals surface area (Å²) in [6, 6.07) is 73.9. The zero-order valence-corrected chi connectivity index (χ0v) is 31.6. The highest BCUT2D eigenvalue weighted by molar-refractivity contribution is 6.25. The smallest absolute Gasteiger partial charge is 0.0782 e. The van der Waals surface area contributed by atoms with E-state index in [-0.39, 0.29) is 0 Å². The lowest BCUT2D eigenvalue weighted by Gasteiger charge is -2.27. The van der Waals surface area contributed by atoms with Crippen molar-refractivity contribution in [1.29, 1.82) is 0 Å². The number of fused-ring (bicyclic) bond motifs is 12. The third kappa shape index (κ3) is 4.38. The minimum atomic E-state index is 1.00. The second kappa shape index (κ2) is 11.9. The SMILES string of the molecule is c1ccc2c(c1)Cc1ccc(-c3ccc(N(c4ccc(-n5c6ccccc6c6ccccc65)cc4)c4cccc5c6cccc7c8ccccc8n(c45)c76)cc3)cc1-2. The van der Waals surface area contributed by atoms with Crippen molar-refractivity contribution in [1.82, 2.24) is 8.97 Å². The van der Waals surface area contributed by atoms with Gasteiger partial charge in [0, 0.05) is 49.4 Å². The Morgan fingerprint density at radius 2 is 0.879 bits per heavy atom. The van der Waals surface area contributed by atoms with Crippen molar-refractivity contribution in [3.8, 4) is 27.9 Å². The maximum absolute atomic E-state index is 2.50. The Kier molecular flexibility index (Phi) is 6.50. The Labute approximate surface area is 335 Å². The van der Waals surface area contributed by atoms with Crippen LogP contribution in [0, 0.1) is 0 Å². The van der Waals surface area contributed by atoms with Crippen LogP contribution in [-0.4, -0.2) is 8.97 Å². The van der Waals surface area contributed by atoms with Gasteiger partial charge in [-0.3, -0.25) is 0 Å². The molecule has 3 aromatic heterocycles. The molecule has 0 saturated heterocycles. The molecule has 12 aromatic rings. The van der Waals surface area contributed by atoms with Crippen LogP contribution < -0.4 is 4.90 Å². The Bertz CT molecular complexity index is 3530. The molecule has 270 valence electrons. The highest BCUT2D eigenvalue weighted by Gasteiger charge is 2.24. The summed E-state index contributed by atoms with van der Waals surface area (Å²) in [6.45, 7) is 0. The number of hydrogen-bond acceptors (Lipinski definition) is 1. The standard InChI is InChI=1S/C55H35N3/c1-2-12-42-37(11-1)33-38-24-23-36(34-49(38)42)35-25-27-39(28-26-35)56(40-29-31-41(32-30-40)57-50-19-6-3-13-43(50)44-14-4-7-20-51(44)57)53-22-10-18-48-47-17-9-16-46-45-15-5-8-21-52(45)58(54(46)47)55(48)53/h1-32,34H,33H2. The van der Waals surface area contributed by atoms with E-state index in [4.69, 9.17) is 0 Å². The topological polar surface area (TPSA) is 12.6 Å². The minimum Gasteiger partial charge on any atom is -0.309 e. The van der Waals surface area contributed by atoms with Gasteiger partial charge in [0.05, 0.1) is 33.3 Å². The molecule has 3 nitrogen and oxygen atoms in total. The summed E-state index contributed by atoms with van der Waals surface area (Å²) in [4.78, 5) is 2.45. The minimum absolute atomic E-state index is 1.00. The Hall–Kier alpha value is -7.62. The van der Waals surface area contributed by atoms with E-state index in [9.17, 15) is 0 Å². The van der Waals surface area contributed by atoms with E-state index in [1.807, 2.05) is 0 Å². The summed E-state index contributed by atoms with van der Waals surface area (Å²) in [6.07, 6.45) is 1.00. The van der Waals surface area contributed by atoms with Crippen LogP contribution in [0.1, 0.15) is 11.1 Å². The van der Waals surface area contributed by atoms with Crippen LogP contribution >= 0.6 is 0 Å². The molecule has 0 fully saturated rings. The normalized spacial score (nSPS) is 12.4. The van der Waals surface area contributed by atoms with Gasteiger partial charge in [0.2, 0.25) is 0 Å². The molecule has 58 heavy (non-hydrogen) atoms. The first-order chi connectivity index (χ1) is 28.8. The van der Waals surface area contributed by atoms with E-state index >= 15 is 0 Å². The molecule has 0 bridgehead atoms. The molecule has 3 heteroatoms. The van der Waals surface area contributed by atoms with Crippen molar-refractivity contribution >= 4 is 77.0 Å². The molecule has 13 rings (SSSR count). The lowest BCUT2D eigenvalue weighted by molar-refractivity contribution is 1.17. The summed E-state index contributed by atoms with van der Waals surface area (Å²) >= 11 is 0. The fourth-order valence-electron chi connectivity index (χ4n) is 10.1. The molecular formula is C55H35N3. The van der Waals surface area contributed by atoms with Crippen molar-refractivity contribution in [2.24, 2.45) is 0 Å². The van der Waals surface area contributed by atoms with Crippen LogP contribution in [0.5, 0.6) is 0 Å². The molecule has 1 aliphatic carbocycles. The van der Waals surface area contributed by atoms with Gasteiger partial charge in [-0.2, -0.15) is 0 Å². The summed E-state index contributed by atoms with van der Waals surface area (Å²) in [5.74, 6) is 0. The van der Waals surface area contributed by atoms with Crippen molar-refractivity contribution in [3.05, 3.63) is 211 Å². The van der Waals surface area contributed by atoms with Crippen LogP contribution in [0.25, 0.3) is 87.8 Å². The maximum atomic E-state index is 2.50. The van der Waals surface area contributed by atoms with E-state index in [2.05, 4.69) is 214 Å². The molecule has 0 unspecified atom stereocenters. The van der Waals surface area contributed by atoms with Gasteiger partial charge in [-0.05, 0) is 107 Å². The van der Waals surface area contributed by atoms with Crippen LogP contribution in [-0.2, 0) is 6.42 Å². The molecule has 0 amide bonds. The molecule has 0 spiro atoms. The summed E-state index contributed by atoms with van der Waals surface area (Å²) in [5.41, 5.74) is 18.6. The lowest BCUT2D eigenvalue weighted by atomic mass is 9.98. The van der Waals surface area contributed by atoms with E-state index in [1.54, 1.807) is 0 Å². The van der Waals surface area contributed by atoms with Gasteiger partial charge in [0.15, 0.2) is 0 Å². The molecule has 0 atom stereocenters. The fourth-order valence-corrected chi connectivity index (χ4v) is 10.1. The number of rotatable bonds is 5. The van der Waals surface area contributed by atoms with Gasteiger partial charge in [-0.15, -0.1) is 0 Å². The highest BCUT2D eigenvalue weighted by atomic mass is 15.2. The Morgan fingerprint density at radius 1 is 0.362 bits per heavy atom. The van der Waals surface area contributed by atoms with Crippen molar-refractivity contribution in [2.45, 2.75) is 6.42 Å². The maximum Gasteiger partial charge on any atom is 0.0782 e. The van der Waals surface area contributed by atoms with Gasteiger partial charge in [-0.25, -0.2) is 0 Å². The Balaban J connectivity index is 1.01. The third-order valence-corrected chi connectivity index (χ3v) is 12.7. The van der Waals surface area contributed by atoms with Crippen molar-refractivity contribution < 1.29 is 0 Å². The number of aromatic nitrogens is 2. The first kappa shape index (κ1) is 31.6. The average Bonchev–Trinajstić information content (AvgIpc) is 4.03. The molecule has 0 aliphatic heterocycles. The third-order valence-electron chi connectivity index (χ3n) is 12.7. The molecule has 9 aromatic carbocycles. The van der Waals surface area contributed by atoms with Crippen LogP contribution in [0.15, 0.2) is 200 Å². The first-order valence-corrected chi connectivity index (χ1v) is 20.1. The second-order valence-corrected chi connectivity index (χ2v) is 15.7. The van der Waals surface area contributed by atoms with E-state index in [0.717, 1.165) is 29.2 Å². The lowest BCUT2D eigenvalue weighted by Crippen LogP contribution is -2.11. The number of anilines is 3. The van der Waals surface area contributed by atoms with Crippen LogP contribution in [0.4, 0.5) is 17.1 Å². The van der Waals surface area contributed by atoms with Gasteiger partial charge < -0.3 is 13.9 Å². The highest BCUT2D eigenvalue weighted by Crippen LogP contribution is 2.46. The molecule has 0 saturated carbocycles. The van der Waals surface area contributed by atoms with Gasteiger partial charge in [-0.1, -0.05) is 133 Å². The van der Waals surface area contributed by atoms with E-state index < -0.39 is 0 Å². The van der Waals surface area contributed by atoms with Gasteiger partial charge >= 0.3 is 0 Å². The average molecular weight is 738 g/mol.